The maximum atomic E-state index is 12.3. The minimum absolute atomic E-state index is 0.203. The molecule has 0 N–H and O–H groups in total. The first kappa shape index (κ1) is 8.17. The summed E-state index contributed by atoms with van der Waals surface area (Å²) < 4.78 is 36.7. The number of rotatable bonds is 2. The first-order chi connectivity index (χ1) is 5.59. The van der Waals surface area contributed by atoms with Crippen molar-refractivity contribution in [1.29, 1.82) is 0 Å². The second kappa shape index (κ2) is 2.52. The van der Waals surface area contributed by atoms with Crippen LogP contribution in [0.4, 0.5) is 12.9 Å². The third kappa shape index (κ3) is 1.37. The van der Waals surface area contributed by atoms with Gasteiger partial charge in [0, 0.05) is 0 Å². The third-order valence-corrected chi connectivity index (χ3v) is 3.07. The smallest absolute Gasteiger partial charge is 0.444 e. The van der Waals surface area contributed by atoms with Crippen LogP contribution >= 0.6 is 11.3 Å². The van der Waals surface area contributed by atoms with E-state index in [9.17, 15) is 12.9 Å². The van der Waals surface area contributed by atoms with Crippen molar-refractivity contribution in [3.05, 3.63) is 17.0 Å². The van der Waals surface area contributed by atoms with Crippen molar-refractivity contribution in [2.24, 2.45) is 0 Å². The highest BCUT2D eigenvalue weighted by Gasteiger charge is 2.35. The zero-order valence-corrected chi connectivity index (χ0v) is 7.08. The summed E-state index contributed by atoms with van der Waals surface area (Å²) in [6, 6.07) is 1.62. The predicted octanol–water partition coefficient (Wildman–Crippen LogP) is 2.68. The van der Waals surface area contributed by atoms with Gasteiger partial charge in [-0.05, 0) is 24.1 Å². The first-order valence-electron chi connectivity index (χ1n) is 3.86. The maximum Gasteiger partial charge on any atom is 0.519 e. The highest BCUT2D eigenvalue weighted by atomic mass is 32.1. The van der Waals surface area contributed by atoms with E-state index < -0.39 is 6.98 Å². The van der Waals surface area contributed by atoms with E-state index in [-0.39, 0.29) is 10.7 Å². The van der Waals surface area contributed by atoms with Crippen LogP contribution in [-0.4, -0.2) is 6.98 Å². The minimum Gasteiger partial charge on any atom is -0.444 e. The molecule has 1 aliphatic rings. The number of hydrogen-bond acceptors (Lipinski definition) is 1. The molecule has 0 bridgehead atoms. The molecule has 0 aliphatic heterocycles. The lowest BCUT2D eigenvalue weighted by molar-refractivity contribution is 0.502. The molecule has 1 aromatic heterocycles. The van der Waals surface area contributed by atoms with Crippen LogP contribution in [0.25, 0.3) is 0 Å². The lowest BCUT2D eigenvalue weighted by Crippen LogP contribution is -2.33. The number of hydrogen-bond donors (Lipinski definition) is 0. The van der Waals surface area contributed by atoms with Crippen molar-refractivity contribution in [2.45, 2.75) is 18.8 Å². The molecule has 2 rings (SSSR count). The molecule has 0 amide bonds. The van der Waals surface area contributed by atoms with Crippen LogP contribution < -0.4 is 4.78 Å². The fourth-order valence-electron chi connectivity index (χ4n) is 1.33. The zero-order valence-electron chi connectivity index (χ0n) is 6.27. The van der Waals surface area contributed by atoms with E-state index in [4.69, 9.17) is 0 Å². The zero-order chi connectivity index (χ0) is 8.77. The van der Waals surface area contributed by atoms with Crippen molar-refractivity contribution in [1.82, 2.24) is 0 Å². The van der Waals surface area contributed by atoms with Gasteiger partial charge in [-0.1, -0.05) is 16.4 Å². The van der Waals surface area contributed by atoms with Gasteiger partial charge in [-0.25, -0.2) is 0 Å². The quantitative estimate of drug-likeness (QED) is 0.630. The van der Waals surface area contributed by atoms with Gasteiger partial charge in [-0.2, -0.15) is 11.3 Å². The molecule has 0 unspecified atom stereocenters. The Labute approximate surface area is 72.5 Å². The molecule has 66 valence electrons. The SMILES string of the molecule is F[B-](F)(F)c1sccc1C1CC1. The minimum atomic E-state index is -4.77. The Hall–Kier alpha value is -0.445. The van der Waals surface area contributed by atoms with Gasteiger partial charge in [0.25, 0.3) is 0 Å². The molecule has 1 heterocycles. The van der Waals surface area contributed by atoms with Crippen LogP contribution in [0.5, 0.6) is 0 Å². The van der Waals surface area contributed by atoms with Crippen LogP contribution in [0.3, 0.4) is 0 Å². The van der Waals surface area contributed by atoms with Gasteiger partial charge >= 0.3 is 6.98 Å². The van der Waals surface area contributed by atoms with Crippen molar-refractivity contribution < 1.29 is 12.9 Å². The molecule has 0 atom stereocenters. The fourth-order valence-corrected chi connectivity index (χ4v) is 2.21. The summed E-state index contributed by atoms with van der Waals surface area (Å²) in [6.07, 6.45) is 1.85. The number of halogens is 3. The molecule has 1 fully saturated rings. The molecule has 1 saturated carbocycles. The van der Waals surface area contributed by atoms with Crippen LogP contribution in [0.15, 0.2) is 11.4 Å². The second-order valence-electron chi connectivity index (χ2n) is 3.09. The van der Waals surface area contributed by atoms with Crippen LogP contribution in [-0.2, 0) is 0 Å². The average Bonchev–Trinajstić information content (AvgIpc) is 2.65. The number of thiophene rings is 1. The highest BCUT2D eigenvalue weighted by Crippen LogP contribution is 2.41. The van der Waals surface area contributed by atoms with Crippen molar-refractivity contribution in [3.8, 4) is 0 Å². The summed E-state index contributed by atoms with van der Waals surface area (Å²) in [5.41, 5.74) is 0.535. The van der Waals surface area contributed by atoms with Crippen molar-refractivity contribution in [3.63, 3.8) is 0 Å². The first-order valence-corrected chi connectivity index (χ1v) is 4.74. The van der Waals surface area contributed by atoms with E-state index >= 15 is 0 Å². The van der Waals surface area contributed by atoms with Gasteiger partial charge in [0.2, 0.25) is 0 Å². The Bertz CT molecular complexity index is 287. The van der Waals surface area contributed by atoms with E-state index in [2.05, 4.69) is 0 Å². The molecule has 1 aliphatic carbocycles. The molecule has 0 saturated heterocycles. The third-order valence-electron chi connectivity index (χ3n) is 2.04. The van der Waals surface area contributed by atoms with Crippen LogP contribution in [0, 0.1) is 0 Å². The molecular weight excluding hydrogens is 184 g/mol. The van der Waals surface area contributed by atoms with E-state index in [1.807, 2.05) is 0 Å². The lowest BCUT2D eigenvalue weighted by Gasteiger charge is -2.14. The maximum absolute atomic E-state index is 12.3. The topological polar surface area (TPSA) is 0 Å². The average molecular weight is 191 g/mol. The standard InChI is InChI=1S/C7H7BF3S/c9-8(10,11)7-6(3-4-12-7)5-1-2-5/h3-5H,1-2H2/q-1. The Kier molecular flexibility index (Phi) is 1.72. The van der Waals surface area contributed by atoms with Gasteiger partial charge in [0.05, 0.1) is 0 Å². The molecular formula is C7H7BF3S-. The summed E-state index contributed by atoms with van der Waals surface area (Å²) in [6.45, 7) is -4.77. The normalized spacial score (nSPS) is 18.2. The van der Waals surface area contributed by atoms with Gasteiger partial charge < -0.3 is 12.9 Å². The molecule has 1 aromatic rings. The summed E-state index contributed by atoms with van der Waals surface area (Å²) >= 11 is 0.828. The highest BCUT2D eigenvalue weighted by molar-refractivity contribution is 7.22. The predicted molar refractivity (Wildman–Crippen MR) is 45.0 cm³/mol. The van der Waals surface area contributed by atoms with Crippen LogP contribution in [0.2, 0.25) is 0 Å². The Morgan fingerprint density at radius 3 is 2.50 bits per heavy atom. The van der Waals surface area contributed by atoms with Gasteiger partial charge in [-0.15, -0.1) is 0 Å². The van der Waals surface area contributed by atoms with Gasteiger partial charge in [0.1, 0.15) is 0 Å². The second-order valence-corrected chi connectivity index (χ2v) is 4.04. The lowest BCUT2D eigenvalue weighted by atomic mass is 9.85. The molecule has 5 heteroatoms. The van der Waals surface area contributed by atoms with E-state index in [1.54, 1.807) is 6.07 Å². The largest absolute Gasteiger partial charge is 0.519 e. The van der Waals surface area contributed by atoms with E-state index in [0.29, 0.717) is 5.56 Å². The Morgan fingerprint density at radius 1 is 1.33 bits per heavy atom. The Balaban J connectivity index is 2.36. The summed E-state index contributed by atoms with van der Waals surface area (Å²) in [4.78, 5) is 0. The van der Waals surface area contributed by atoms with Crippen molar-refractivity contribution >= 4 is 23.1 Å². The monoisotopic (exact) mass is 191 g/mol. The van der Waals surface area contributed by atoms with Crippen LogP contribution in [0.1, 0.15) is 24.3 Å². The Morgan fingerprint density at radius 2 is 2.00 bits per heavy atom. The molecule has 0 radical (unpaired) electrons. The van der Waals surface area contributed by atoms with Crippen molar-refractivity contribution in [2.75, 3.05) is 0 Å². The molecule has 0 spiro atoms. The fraction of sp³-hybridized carbons (Fsp3) is 0.429. The molecule has 0 aromatic carbocycles. The summed E-state index contributed by atoms with van der Waals surface area (Å²) in [5.74, 6) is 0.203. The van der Waals surface area contributed by atoms with Gasteiger partial charge in [0.15, 0.2) is 0 Å². The van der Waals surface area contributed by atoms with E-state index in [1.165, 1.54) is 5.38 Å². The summed E-state index contributed by atoms with van der Waals surface area (Å²) in [5, 5.41) is 1.54. The molecule has 0 nitrogen and oxygen atoms in total. The van der Waals surface area contributed by atoms with Gasteiger partial charge in [-0.3, -0.25) is 0 Å². The molecule has 12 heavy (non-hydrogen) atoms. The summed E-state index contributed by atoms with van der Waals surface area (Å²) in [7, 11) is 0. The van der Waals surface area contributed by atoms with E-state index in [0.717, 1.165) is 24.2 Å².